The molecule has 0 aromatic rings. The Labute approximate surface area is 157 Å². The highest BCUT2D eigenvalue weighted by Crippen LogP contribution is 2.73. The Kier molecular flexibility index (Phi) is 3.88. The summed E-state index contributed by atoms with van der Waals surface area (Å²) in [6.45, 7) is 2.23. The molecule has 0 aromatic carbocycles. The number of hydrogen-bond donors (Lipinski definition) is 0. The second kappa shape index (κ2) is 5.83. The van der Waals surface area contributed by atoms with E-state index >= 15 is 0 Å². The third-order valence-electron chi connectivity index (χ3n) is 9.23. The molecule has 7 unspecified atom stereocenters. The maximum atomic E-state index is 12.1. The summed E-state index contributed by atoms with van der Waals surface area (Å²) in [4.78, 5) is 12.1. The van der Waals surface area contributed by atoms with Gasteiger partial charge in [0.2, 0.25) is 0 Å². The van der Waals surface area contributed by atoms with Crippen molar-refractivity contribution in [2.75, 3.05) is 7.11 Å². The fourth-order valence-electron chi connectivity index (χ4n) is 8.97. The first kappa shape index (κ1) is 17.3. The zero-order valence-corrected chi connectivity index (χ0v) is 16.3. The number of allylic oxidation sites excluding steroid dienone is 2. The van der Waals surface area contributed by atoms with Crippen molar-refractivity contribution in [2.24, 2.45) is 46.3 Å². The predicted octanol–water partition coefficient (Wildman–Crippen LogP) is 3.58. The smallest absolute Gasteiger partial charge is 0.0574 e. The first-order valence-electron chi connectivity index (χ1n) is 10.9. The van der Waals surface area contributed by atoms with Crippen LogP contribution in [-0.4, -0.2) is 19.2 Å². The van der Waals surface area contributed by atoms with Crippen molar-refractivity contribution >= 4 is 5.97 Å². The molecule has 0 radical (unpaired) electrons. The first-order chi connectivity index (χ1) is 12.5. The number of methoxy groups -OCH3 is 1. The van der Waals surface area contributed by atoms with E-state index in [0.717, 1.165) is 43.4 Å². The molecule has 6 rings (SSSR count). The van der Waals surface area contributed by atoms with Gasteiger partial charge in [0.05, 0.1) is 6.10 Å². The maximum absolute atomic E-state index is 12.1. The number of hydrogen-bond acceptors (Lipinski definition) is 3. The number of aliphatic carboxylic acids is 1. The number of rotatable bonds is 6. The second-order valence-corrected chi connectivity index (χ2v) is 10.5. The van der Waals surface area contributed by atoms with E-state index < -0.39 is 5.97 Å². The molecular weight excluding hydrogens is 324 g/mol. The van der Waals surface area contributed by atoms with Gasteiger partial charge in [-0.2, -0.15) is 0 Å². The van der Waals surface area contributed by atoms with Crippen LogP contribution in [0.15, 0.2) is 12.2 Å². The topological polar surface area (TPSA) is 49.4 Å². The molecule has 144 valence electrons. The summed E-state index contributed by atoms with van der Waals surface area (Å²) in [6, 6.07) is 0. The third-order valence-corrected chi connectivity index (χ3v) is 9.23. The molecule has 6 aliphatic carbocycles. The monoisotopic (exact) mass is 357 g/mol. The summed E-state index contributed by atoms with van der Waals surface area (Å²) in [6.07, 6.45) is 15.8. The van der Waals surface area contributed by atoms with Crippen LogP contribution in [0, 0.1) is 46.3 Å². The molecule has 3 nitrogen and oxygen atoms in total. The van der Waals surface area contributed by atoms with Crippen LogP contribution in [0.1, 0.15) is 64.7 Å². The zero-order chi connectivity index (χ0) is 18.1. The lowest BCUT2D eigenvalue weighted by atomic mass is 9.38. The number of carboxylic acids is 1. The SMILES string of the molecule is CCC(CC12CC3CC(CC(C3)C1C13C=CC(CC1C(=O)[O-])C3)C2)OC. The van der Waals surface area contributed by atoms with Gasteiger partial charge in [-0.05, 0) is 92.8 Å². The van der Waals surface area contributed by atoms with Crippen molar-refractivity contribution in [1.82, 2.24) is 0 Å². The molecule has 0 aliphatic heterocycles. The van der Waals surface area contributed by atoms with Gasteiger partial charge in [-0.1, -0.05) is 19.1 Å². The number of fused-ring (bicyclic) bond motifs is 3. The molecule has 5 fully saturated rings. The van der Waals surface area contributed by atoms with E-state index in [1.807, 2.05) is 7.11 Å². The molecule has 0 amide bonds. The highest BCUT2D eigenvalue weighted by atomic mass is 16.5. The van der Waals surface area contributed by atoms with E-state index in [4.69, 9.17) is 4.74 Å². The minimum Gasteiger partial charge on any atom is -0.550 e. The summed E-state index contributed by atoms with van der Waals surface area (Å²) >= 11 is 0. The Morgan fingerprint density at radius 2 is 1.92 bits per heavy atom. The predicted molar refractivity (Wildman–Crippen MR) is 98.0 cm³/mol. The van der Waals surface area contributed by atoms with Crippen molar-refractivity contribution in [3.8, 4) is 0 Å². The molecule has 0 saturated heterocycles. The highest BCUT2D eigenvalue weighted by Gasteiger charge is 2.66. The highest BCUT2D eigenvalue weighted by molar-refractivity contribution is 5.71. The lowest BCUT2D eigenvalue weighted by molar-refractivity contribution is -0.316. The fourth-order valence-corrected chi connectivity index (χ4v) is 8.97. The molecule has 0 spiro atoms. The van der Waals surface area contributed by atoms with Gasteiger partial charge in [0.15, 0.2) is 0 Å². The van der Waals surface area contributed by atoms with E-state index in [0.29, 0.717) is 23.4 Å². The Hall–Kier alpha value is -0.830. The maximum Gasteiger partial charge on any atom is 0.0574 e. The van der Waals surface area contributed by atoms with Crippen molar-refractivity contribution < 1.29 is 14.6 Å². The van der Waals surface area contributed by atoms with Crippen LogP contribution in [0.3, 0.4) is 0 Å². The van der Waals surface area contributed by atoms with E-state index in [2.05, 4.69) is 19.1 Å². The normalized spacial score (nSPS) is 51.9. The average molecular weight is 358 g/mol. The third kappa shape index (κ3) is 2.25. The molecule has 26 heavy (non-hydrogen) atoms. The summed E-state index contributed by atoms with van der Waals surface area (Å²) in [5.41, 5.74) is 0.163. The molecular formula is C23H33O3-. The number of carboxylic acid groups (broad SMARTS) is 1. The Balaban J connectivity index is 1.57. The van der Waals surface area contributed by atoms with Gasteiger partial charge in [-0.15, -0.1) is 0 Å². The summed E-state index contributed by atoms with van der Waals surface area (Å²) < 4.78 is 5.85. The van der Waals surface area contributed by atoms with Crippen LogP contribution < -0.4 is 5.11 Å². The Morgan fingerprint density at radius 1 is 1.19 bits per heavy atom. The summed E-state index contributed by atoms with van der Waals surface area (Å²) in [5.74, 6) is 2.41. The quantitative estimate of drug-likeness (QED) is 0.683. The van der Waals surface area contributed by atoms with Gasteiger partial charge in [-0.3, -0.25) is 0 Å². The van der Waals surface area contributed by atoms with E-state index in [9.17, 15) is 9.90 Å². The lowest BCUT2D eigenvalue weighted by Crippen LogP contribution is -2.60. The van der Waals surface area contributed by atoms with Gasteiger partial charge in [0.25, 0.3) is 0 Å². The van der Waals surface area contributed by atoms with Gasteiger partial charge < -0.3 is 14.6 Å². The Bertz CT molecular complexity index is 607. The van der Waals surface area contributed by atoms with Crippen molar-refractivity contribution in [3.63, 3.8) is 0 Å². The first-order valence-corrected chi connectivity index (χ1v) is 10.9. The number of ether oxygens (including phenoxy) is 1. The van der Waals surface area contributed by atoms with Crippen molar-refractivity contribution in [1.29, 1.82) is 0 Å². The molecule has 3 heteroatoms. The largest absolute Gasteiger partial charge is 0.550 e. The lowest BCUT2D eigenvalue weighted by Gasteiger charge is -2.66. The van der Waals surface area contributed by atoms with Crippen LogP contribution in [0.25, 0.3) is 0 Å². The molecule has 5 saturated carbocycles. The minimum atomic E-state index is -0.792. The standard InChI is InChI=1S/C23H34O3/c1-3-18(26-2)13-22-10-15-6-16(11-22)8-17(7-15)20(22)23-5-4-14(12-23)9-19(23)21(24)25/h4-5,14-20H,3,6-13H2,1-2H3,(H,24,25)/p-1. The molecule has 6 aliphatic rings. The minimum absolute atomic E-state index is 0.131. The number of carbonyl (C=O) groups is 1. The molecule has 7 atom stereocenters. The fraction of sp³-hybridized carbons (Fsp3) is 0.870. The van der Waals surface area contributed by atoms with Crippen molar-refractivity contribution in [3.05, 3.63) is 12.2 Å². The van der Waals surface area contributed by atoms with Crippen LogP contribution in [0.4, 0.5) is 0 Å². The average Bonchev–Trinajstić information content (AvgIpc) is 3.17. The van der Waals surface area contributed by atoms with Gasteiger partial charge in [-0.25, -0.2) is 0 Å². The van der Waals surface area contributed by atoms with Gasteiger partial charge in [0, 0.05) is 24.4 Å². The van der Waals surface area contributed by atoms with E-state index in [1.54, 1.807) is 0 Å². The zero-order valence-electron chi connectivity index (χ0n) is 16.3. The van der Waals surface area contributed by atoms with Crippen molar-refractivity contribution in [2.45, 2.75) is 70.8 Å². The van der Waals surface area contributed by atoms with Gasteiger partial charge in [0.1, 0.15) is 0 Å². The molecule has 0 N–H and O–H groups in total. The summed E-state index contributed by atoms with van der Waals surface area (Å²) in [5, 5.41) is 12.1. The second-order valence-electron chi connectivity index (χ2n) is 10.5. The van der Waals surface area contributed by atoms with Gasteiger partial charge >= 0.3 is 0 Å². The Morgan fingerprint density at radius 3 is 2.50 bits per heavy atom. The van der Waals surface area contributed by atoms with Crippen LogP contribution in [-0.2, 0) is 9.53 Å². The molecule has 0 aromatic heterocycles. The molecule has 6 bridgehead atoms. The summed E-state index contributed by atoms with van der Waals surface area (Å²) in [7, 11) is 1.85. The van der Waals surface area contributed by atoms with E-state index in [-0.39, 0.29) is 11.3 Å². The molecule has 0 heterocycles. The van der Waals surface area contributed by atoms with Crippen LogP contribution >= 0.6 is 0 Å². The number of carbonyl (C=O) groups excluding carboxylic acids is 1. The van der Waals surface area contributed by atoms with E-state index in [1.165, 1.54) is 32.1 Å². The van der Waals surface area contributed by atoms with Crippen LogP contribution in [0.2, 0.25) is 0 Å². The van der Waals surface area contributed by atoms with Crippen LogP contribution in [0.5, 0.6) is 0 Å².